The van der Waals surface area contributed by atoms with Gasteiger partial charge in [-0.3, -0.25) is 0 Å². The number of urea groups is 1. The summed E-state index contributed by atoms with van der Waals surface area (Å²) in [5, 5.41) is 2.58. The Morgan fingerprint density at radius 1 is 1.46 bits per heavy atom. The molecule has 0 aromatic rings. The lowest BCUT2D eigenvalue weighted by molar-refractivity contribution is 0.225. The molecule has 0 saturated heterocycles. The zero-order valence-corrected chi connectivity index (χ0v) is 10.1. The lowest BCUT2D eigenvalue weighted by atomic mass is 10.2. The Morgan fingerprint density at radius 3 is 2.23 bits per heavy atom. The molecule has 78 valence electrons. The number of carbonyl (C=O) groups is 1. The summed E-state index contributed by atoms with van der Waals surface area (Å²) in [6.07, 6.45) is 0. The van der Waals surface area contributed by atoms with Crippen molar-refractivity contribution in [3.8, 4) is 0 Å². The molecule has 0 rings (SSSR count). The van der Waals surface area contributed by atoms with Gasteiger partial charge in [0.15, 0.2) is 8.32 Å². The molecule has 0 unspecified atom stereocenters. The summed E-state index contributed by atoms with van der Waals surface area (Å²) in [7, 11) is -1.74. The number of hydrogen-bond acceptors (Lipinski definition) is 2. The monoisotopic (exact) mass is 204 g/mol. The minimum Gasteiger partial charge on any atom is -0.400 e. The molecular weight excluding hydrogens is 184 g/mol. The van der Waals surface area contributed by atoms with Gasteiger partial charge >= 0.3 is 6.03 Å². The van der Waals surface area contributed by atoms with Gasteiger partial charge in [-0.15, -0.1) is 0 Å². The minimum atomic E-state index is -1.74. The van der Waals surface area contributed by atoms with E-state index in [9.17, 15) is 4.79 Å². The Labute approximate surface area is 81.0 Å². The van der Waals surface area contributed by atoms with Crippen molar-refractivity contribution in [1.29, 1.82) is 0 Å². The number of nitrogens with two attached hydrogens (primary N) is 1. The van der Waals surface area contributed by atoms with Crippen molar-refractivity contribution in [2.45, 2.75) is 38.9 Å². The molecule has 0 aliphatic rings. The normalized spacial score (nSPS) is 12.7. The molecule has 0 aromatic carbocycles. The predicted octanol–water partition coefficient (Wildman–Crippen LogP) is 1.63. The number of primary amides is 1. The van der Waals surface area contributed by atoms with Crippen molar-refractivity contribution in [3.63, 3.8) is 0 Å². The molecule has 5 heteroatoms. The van der Waals surface area contributed by atoms with Crippen LogP contribution in [0.2, 0.25) is 18.1 Å². The minimum absolute atomic E-state index is 0.159. The average Bonchev–Trinajstić information content (AvgIpc) is 1.82. The Hall–Kier alpha value is -0.553. The molecule has 3 N–H and O–H groups in total. The first kappa shape index (κ1) is 12.4. The molecule has 0 aliphatic heterocycles. The number of carbonyl (C=O) groups excluding carboxylic acids is 1. The van der Waals surface area contributed by atoms with Crippen LogP contribution in [-0.4, -0.2) is 21.1 Å². The summed E-state index contributed by atoms with van der Waals surface area (Å²) < 4.78 is 5.63. The van der Waals surface area contributed by atoms with Crippen molar-refractivity contribution in [2.24, 2.45) is 5.73 Å². The molecule has 0 heterocycles. The highest BCUT2D eigenvalue weighted by Gasteiger charge is 2.36. The van der Waals surface area contributed by atoms with Crippen LogP contribution in [0.1, 0.15) is 20.8 Å². The Bertz CT molecular complexity index is 187. The van der Waals surface area contributed by atoms with E-state index in [1.807, 2.05) is 0 Å². The standard InChI is InChI=1S/C8H20N2O2Si/c1-8(2,3)13(4,5)12-6-10-7(9)11/h6H2,1-5H3,(H3,9,10,11). The molecule has 0 saturated carbocycles. The zero-order valence-electron chi connectivity index (χ0n) is 9.10. The summed E-state index contributed by atoms with van der Waals surface area (Å²) in [6, 6.07) is -0.543. The number of amides is 2. The van der Waals surface area contributed by atoms with Crippen molar-refractivity contribution in [2.75, 3.05) is 6.73 Å². The third kappa shape index (κ3) is 4.28. The third-order valence-corrected chi connectivity index (χ3v) is 6.96. The van der Waals surface area contributed by atoms with Crippen LogP contribution in [0.4, 0.5) is 4.79 Å². The van der Waals surface area contributed by atoms with Crippen LogP contribution in [0.3, 0.4) is 0 Å². The van der Waals surface area contributed by atoms with Gasteiger partial charge in [-0.05, 0) is 18.1 Å². The Kier molecular flexibility index (Phi) is 3.93. The van der Waals surface area contributed by atoms with Gasteiger partial charge in [0.1, 0.15) is 6.73 Å². The van der Waals surface area contributed by atoms with Gasteiger partial charge in [-0.2, -0.15) is 0 Å². The van der Waals surface area contributed by atoms with E-state index in [-0.39, 0.29) is 11.8 Å². The van der Waals surface area contributed by atoms with Crippen molar-refractivity contribution < 1.29 is 9.22 Å². The zero-order chi connectivity index (χ0) is 10.7. The lowest BCUT2D eigenvalue weighted by Crippen LogP contribution is -2.44. The number of hydrogen-bond donors (Lipinski definition) is 2. The fraction of sp³-hybridized carbons (Fsp3) is 0.875. The van der Waals surface area contributed by atoms with Crippen molar-refractivity contribution in [3.05, 3.63) is 0 Å². The molecule has 0 aromatic heterocycles. The first-order chi connectivity index (χ1) is 5.67. The number of rotatable bonds is 3. The Morgan fingerprint density at radius 2 is 1.92 bits per heavy atom. The van der Waals surface area contributed by atoms with Crippen LogP contribution in [0.5, 0.6) is 0 Å². The molecule has 0 aliphatic carbocycles. The smallest absolute Gasteiger partial charge is 0.313 e. The lowest BCUT2D eigenvalue weighted by Gasteiger charge is -2.35. The van der Waals surface area contributed by atoms with Crippen LogP contribution in [0, 0.1) is 0 Å². The van der Waals surface area contributed by atoms with E-state index in [2.05, 4.69) is 39.2 Å². The molecule has 4 nitrogen and oxygen atoms in total. The molecular formula is C8H20N2O2Si. The first-order valence-electron chi connectivity index (χ1n) is 4.34. The van der Waals surface area contributed by atoms with E-state index < -0.39 is 14.3 Å². The molecule has 0 atom stereocenters. The number of nitrogens with one attached hydrogen (secondary N) is 1. The summed E-state index contributed by atoms with van der Waals surface area (Å²) in [5.74, 6) is 0. The summed E-state index contributed by atoms with van der Waals surface area (Å²) in [5.41, 5.74) is 4.92. The second-order valence-corrected chi connectivity index (χ2v) is 9.40. The van der Waals surface area contributed by atoms with Gasteiger partial charge in [0.05, 0.1) is 0 Å². The van der Waals surface area contributed by atoms with E-state index in [4.69, 9.17) is 10.2 Å². The molecule has 0 fully saturated rings. The maximum absolute atomic E-state index is 10.4. The van der Waals surface area contributed by atoms with E-state index in [1.165, 1.54) is 0 Å². The topological polar surface area (TPSA) is 64.3 Å². The SMILES string of the molecule is CC(C)(C)[Si](C)(C)OCNC(N)=O. The highest BCUT2D eigenvalue weighted by atomic mass is 28.4. The quantitative estimate of drug-likeness (QED) is 0.542. The van der Waals surface area contributed by atoms with Crippen molar-refractivity contribution in [1.82, 2.24) is 5.32 Å². The van der Waals surface area contributed by atoms with Crippen LogP contribution < -0.4 is 11.1 Å². The molecule has 0 spiro atoms. The fourth-order valence-corrected chi connectivity index (χ4v) is 1.37. The summed E-state index contributed by atoms with van der Waals surface area (Å²) in [4.78, 5) is 10.4. The van der Waals surface area contributed by atoms with Crippen LogP contribution >= 0.6 is 0 Å². The average molecular weight is 204 g/mol. The van der Waals surface area contributed by atoms with Crippen LogP contribution in [0.25, 0.3) is 0 Å². The van der Waals surface area contributed by atoms with Gasteiger partial charge in [0.25, 0.3) is 0 Å². The first-order valence-corrected chi connectivity index (χ1v) is 7.25. The maximum Gasteiger partial charge on any atom is 0.313 e. The molecule has 0 bridgehead atoms. The maximum atomic E-state index is 10.4. The van der Waals surface area contributed by atoms with Gasteiger partial charge in [-0.25, -0.2) is 4.79 Å². The van der Waals surface area contributed by atoms with Gasteiger partial charge in [0.2, 0.25) is 0 Å². The fourth-order valence-electron chi connectivity index (χ4n) is 0.504. The molecule has 2 amide bonds. The predicted molar refractivity (Wildman–Crippen MR) is 55.9 cm³/mol. The highest BCUT2D eigenvalue weighted by molar-refractivity contribution is 6.74. The molecule has 0 radical (unpaired) electrons. The van der Waals surface area contributed by atoms with Crippen LogP contribution in [0.15, 0.2) is 0 Å². The summed E-state index contributed by atoms with van der Waals surface area (Å²) >= 11 is 0. The highest BCUT2D eigenvalue weighted by Crippen LogP contribution is 2.36. The van der Waals surface area contributed by atoms with Crippen molar-refractivity contribution >= 4 is 14.3 Å². The van der Waals surface area contributed by atoms with Gasteiger partial charge < -0.3 is 15.5 Å². The van der Waals surface area contributed by atoms with E-state index >= 15 is 0 Å². The van der Waals surface area contributed by atoms with E-state index in [1.54, 1.807) is 0 Å². The second-order valence-electron chi connectivity index (χ2n) is 4.59. The molecule has 13 heavy (non-hydrogen) atoms. The van der Waals surface area contributed by atoms with E-state index in [0.29, 0.717) is 0 Å². The van der Waals surface area contributed by atoms with Crippen LogP contribution in [-0.2, 0) is 4.43 Å². The third-order valence-electron chi connectivity index (χ3n) is 2.49. The largest absolute Gasteiger partial charge is 0.400 e. The van der Waals surface area contributed by atoms with E-state index in [0.717, 1.165) is 0 Å². The van der Waals surface area contributed by atoms with Gasteiger partial charge in [0, 0.05) is 0 Å². The summed E-state index contributed by atoms with van der Waals surface area (Å²) in [6.45, 7) is 10.9. The Balaban J connectivity index is 3.97. The second kappa shape index (κ2) is 4.10. The van der Waals surface area contributed by atoms with Gasteiger partial charge in [-0.1, -0.05) is 20.8 Å².